The Hall–Kier alpha value is -1.39. The zero-order valence-corrected chi connectivity index (χ0v) is 12.9. The molecule has 0 amide bonds. The van der Waals surface area contributed by atoms with Gasteiger partial charge in [0.2, 0.25) is 0 Å². The maximum Gasteiger partial charge on any atom is 0.133 e. The summed E-state index contributed by atoms with van der Waals surface area (Å²) in [5.74, 6) is 0.356. The van der Waals surface area contributed by atoms with E-state index in [2.05, 4.69) is 15.9 Å². The van der Waals surface area contributed by atoms with Crippen molar-refractivity contribution in [3.05, 3.63) is 63.4 Å². The van der Waals surface area contributed by atoms with Crippen LogP contribution in [0.5, 0.6) is 5.75 Å². The van der Waals surface area contributed by atoms with Gasteiger partial charge in [0, 0.05) is 12.0 Å². The van der Waals surface area contributed by atoms with E-state index in [4.69, 9.17) is 4.74 Å². The summed E-state index contributed by atoms with van der Waals surface area (Å²) in [4.78, 5) is 0. The molecule has 4 heteroatoms. The van der Waals surface area contributed by atoms with Crippen molar-refractivity contribution in [2.24, 2.45) is 0 Å². The van der Waals surface area contributed by atoms with Crippen LogP contribution in [0.4, 0.5) is 4.39 Å². The number of aliphatic hydroxyl groups excluding tert-OH is 1. The van der Waals surface area contributed by atoms with Crippen molar-refractivity contribution in [2.45, 2.75) is 19.4 Å². The molecule has 2 aromatic carbocycles. The number of ether oxygens (including phenoxy) is 1. The highest BCUT2D eigenvalue weighted by Crippen LogP contribution is 2.28. The van der Waals surface area contributed by atoms with Crippen molar-refractivity contribution in [3.63, 3.8) is 0 Å². The minimum absolute atomic E-state index is 0.322. The van der Waals surface area contributed by atoms with Crippen LogP contribution in [0.1, 0.15) is 22.8 Å². The lowest BCUT2D eigenvalue weighted by Crippen LogP contribution is -2.05. The number of benzene rings is 2. The Bertz CT molecular complexity index is 613. The van der Waals surface area contributed by atoms with Gasteiger partial charge in [-0.05, 0) is 52.2 Å². The molecule has 20 heavy (non-hydrogen) atoms. The highest BCUT2D eigenvalue weighted by Gasteiger charge is 2.14. The summed E-state index contributed by atoms with van der Waals surface area (Å²) < 4.78 is 19.8. The Morgan fingerprint density at radius 3 is 2.60 bits per heavy atom. The number of methoxy groups -OCH3 is 1. The molecule has 0 radical (unpaired) electrons. The molecule has 0 bridgehead atoms. The van der Waals surface area contributed by atoms with Gasteiger partial charge in [0.1, 0.15) is 11.6 Å². The van der Waals surface area contributed by atoms with Crippen LogP contribution in [-0.4, -0.2) is 12.2 Å². The van der Waals surface area contributed by atoms with Crippen molar-refractivity contribution < 1.29 is 14.2 Å². The average molecular weight is 339 g/mol. The SMILES string of the molecule is COc1ccc(CC(O)c2ccc(C)cc2F)cc1Br. The third kappa shape index (κ3) is 3.38. The van der Waals surface area contributed by atoms with E-state index in [1.54, 1.807) is 19.2 Å². The van der Waals surface area contributed by atoms with Crippen LogP contribution < -0.4 is 4.74 Å². The Balaban J connectivity index is 2.18. The molecule has 0 aliphatic carbocycles. The number of halogens is 2. The standard InChI is InChI=1S/C16H16BrFO2/c1-10-3-5-12(14(18)7-10)15(19)9-11-4-6-16(20-2)13(17)8-11/h3-8,15,19H,9H2,1-2H3. The second-order valence-corrected chi connectivity index (χ2v) is 5.57. The lowest BCUT2D eigenvalue weighted by atomic mass is 10.00. The van der Waals surface area contributed by atoms with Crippen molar-refractivity contribution in [3.8, 4) is 5.75 Å². The van der Waals surface area contributed by atoms with Gasteiger partial charge >= 0.3 is 0 Å². The molecule has 0 heterocycles. The Labute approximate surface area is 126 Å². The molecule has 0 saturated heterocycles. The molecular weight excluding hydrogens is 323 g/mol. The lowest BCUT2D eigenvalue weighted by molar-refractivity contribution is 0.173. The first kappa shape index (κ1) is 15.0. The first-order chi connectivity index (χ1) is 9.51. The van der Waals surface area contributed by atoms with E-state index in [0.717, 1.165) is 21.3 Å². The molecule has 0 fully saturated rings. The van der Waals surface area contributed by atoms with E-state index in [1.165, 1.54) is 6.07 Å². The first-order valence-corrected chi connectivity index (χ1v) is 7.07. The van der Waals surface area contributed by atoms with Crippen molar-refractivity contribution in [2.75, 3.05) is 7.11 Å². The summed E-state index contributed by atoms with van der Waals surface area (Å²) in [6, 6.07) is 10.4. The normalized spacial score (nSPS) is 12.2. The Kier molecular flexibility index (Phi) is 4.78. The summed E-state index contributed by atoms with van der Waals surface area (Å²) >= 11 is 3.40. The van der Waals surface area contributed by atoms with Crippen LogP contribution in [0.2, 0.25) is 0 Å². The van der Waals surface area contributed by atoms with Crippen LogP contribution in [0.3, 0.4) is 0 Å². The predicted octanol–water partition coefficient (Wildman–Crippen LogP) is 4.18. The second-order valence-electron chi connectivity index (χ2n) is 4.71. The number of aliphatic hydroxyl groups is 1. The first-order valence-electron chi connectivity index (χ1n) is 6.28. The maximum absolute atomic E-state index is 13.8. The minimum atomic E-state index is -0.865. The molecule has 0 aliphatic heterocycles. The second kappa shape index (κ2) is 6.37. The van der Waals surface area contributed by atoms with Crippen molar-refractivity contribution >= 4 is 15.9 Å². The van der Waals surface area contributed by atoms with Gasteiger partial charge < -0.3 is 9.84 Å². The third-order valence-corrected chi connectivity index (χ3v) is 3.78. The van der Waals surface area contributed by atoms with Gasteiger partial charge in [-0.3, -0.25) is 0 Å². The van der Waals surface area contributed by atoms with Gasteiger partial charge in [0.15, 0.2) is 0 Å². The molecule has 1 atom stereocenters. The zero-order valence-electron chi connectivity index (χ0n) is 11.4. The van der Waals surface area contributed by atoms with Crippen LogP contribution in [0, 0.1) is 12.7 Å². The van der Waals surface area contributed by atoms with Gasteiger partial charge in [-0.2, -0.15) is 0 Å². The molecule has 0 spiro atoms. The van der Waals surface area contributed by atoms with Crippen molar-refractivity contribution in [1.29, 1.82) is 0 Å². The van der Waals surface area contributed by atoms with Crippen LogP contribution in [-0.2, 0) is 6.42 Å². The van der Waals surface area contributed by atoms with Gasteiger partial charge in [0.05, 0.1) is 17.7 Å². The van der Waals surface area contributed by atoms with E-state index in [1.807, 2.05) is 25.1 Å². The molecule has 1 N–H and O–H groups in total. The molecule has 2 aromatic rings. The van der Waals surface area contributed by atoms with E-state index < -0.39 is 6.10 Å². The summed E-state index contributed by atoms with van der Waals surface area (Å²) in [5, 5.41) is 10.2. The highest BCUT2D eigenvalue weighted by atomic mass is 79.9. The molecule has 2 nitrogen and oxygen atoms in total. The number of aryl methyl sites for hydroxylation is 1. The number of hydrogen-bond acceptors (Lipinski definition) is 2. The fourth-order valence-corrected chi connectivity index (χ4v) is 2.66. The van der Waals surface area contributed by atoms with E-state index in [-0.39, 0.29) is 5.82 Å². The summed E-state index contributed by atoms with van der Waals surface area (Å²) in [7, 11) is 1.59. The van der Waals surface area contributed by atoms with Crippen molar-refractivity contribution in [1.82, 2.24) is 0 Å². The molecular formula is C16H16BrFO2. The van der Waals surface area contributed by atoms with Gasteiger partial charge in [0.25, 0.3) is 0 Å². The lowest BCUT2D eigenvalue weighted by Gasteiger charge is -2.13. The fraction of sp³-hybridized carbons (Fsp3) is 0.250. The maximum atomic E-state index is 13.8. The molecule has 0 saturated carbocycles. The smallest absolute Gasteiger partial charge is 0.133 e. The van der Waals surface area contributed by atoms with Gasteiger partial charge in [-0.15, -0.1) is 0 Å². The summed E-state index contributed by atoms with van der Waals surface area (Å²) in [6.45, 7) is 1.82. The quantitative estimate of drug-likeness (QED) is 0.905. The number of hydrogen-bond donors (Lipinski definition) is 1. The van der Waals surface area contributed by atoms with E-state index in [0.29, 0.717) is 12.0 Å². The fourth-order valence-electron chi connectivity index (χ4n) is 2.07. The molecule has 0 aromatic heterocycles. The third-order valence-electron chi connectivity index (χ3n) is 3.16. The molecule has 2 rings (SSSR count). The molecule has 106 valence electrons. The molecule has 1 unspecified atom stereocenters. The van der Waals surface area contributed by atoms with Crippen LogP contribution in [0.25, 0.3) is 0 Å². The van der Waals surface area contributed by atoms with Crippen LogP contribution >= 0.6 is 15.9 Å². The summed E-state index contributed by atoms with van der Waals surface area (Å²) in [6.07, 6.45) is -0.515. The van der Waals surface area contributed by atoms with E-state index in [9.17, 15) is 9.50 Å². The monoisotopic (exact) mass is 338 g/mol. The minimum Gasteiger partial charge on any atom is -0.496 e. The largest absolute Gasteiger partial charge is 0.496 e. The number of rotatable bonds is 4. The molecule has 0 aliphatic rings. The van der Waals surface area contributed by atoms with E-state index >= 15 is 0 Å². The van der Waals surface area contributed by atoms with Gasteiger partial charge in [-0.1, -0.05) is 18.2 Å². The average Bonchev–Trinajstić information content (AvgIpc) is 2.38. The van der Waals surface area contributed by atoms with Crippen LogP contribution in [0.15, 0.2) is 40.9 Å². The van der Waals surface area contributed by atoms with Gasteiger partial charge in [-0.25, -0.2) is 4.39 Å². The Morgan fingerprint density at radius 1 is 1.25 bits per heavy atom. The highest BCUT2D eigenvalue weighted by molar-refractivity contribution is 9.10. The Morgan fingerprint density at radius 2 is 2.00 bits per heavy atom. The topological polar surface area (TPSA) is 29.5 Å². The predicted molar refractivity (Wildman–Crippen MR) is 80.5 cm³/mol. The zero-order chi connectivity index (χ0) is 14.7. The summed E-state index contributed by atoms with van der Waals surface area (Å²) in [5.41, 5.74) is 2.07.